The molecule has 0 bridgehead atoms. The highest BCUT2D eigenvalue weighted by Gasteiger charge is 2.55. The average molecular weight is 344 g/mol. The van der Waals surface area contributed by atoms with Crippen molar-refractivity contribution in [2.24, 2.45) is 0 Å². The molecule has 126 valence electrons. The molecule has 24 heavy (non-hydrogen) atoms. The average Bonchev–Trinajstić information content (AvgIpc) is 2.79. The van der Waals surface area contributed by atoms with E-state index in [1.807, 2.05) is 25.1 Å². The third-order valence-electron chi connectivity index (χ3n) is 4.36. The molecule has 4 nitrogen and oxygen atoms in total. The fourth-order valence-electron chi connectivity index (χ4n) is 2.98. The Morgan fingerprint density at radius 1 is 0.958 bits per heavy atom. The number of hydrogen-bond acceptors (Lipinski definition) is 4. The van der Waals surface area contributed by atoms with Crippen LogP contribution in [-0.2, 0) is 19.4 Å². The summed E-state index contributed by atoms with van der Waals surface area (Å²) in [6.45, 7) is 5.13. The zero-order valence-electron chi connectivity index (χ0n) is 13.9. The second-order valence-corrected chi connectivity index (χ2v) is 8.67. The molecule has 3 rings (SSSR count). The van der Waals surface area contributed by atoms with Gasteiger partial charge in [0.15, 0.2) is 20.9 Å². The fourth-order valence-corrected chi connectivity index (χ4v) is 4.89. The number of ketones is 1. The maximum absolute atomic E-state index is 13.1. The zero-order chi connectivity index (χ0) is 17.5. The summed E-state index contributed by atoms with van der Waals surface area (Å²) in [7, 11) is -3.85. The van der Waals surface area contributed by atoms with E-state index < -0.39 is 32.6 Å². The van der Waals surface area contributed by atoms with Gasteiger partial charge in [0.1, 0.15) is 11.7 Å². The number of rotatable bonds is 3. The number of ether oxygens (including phenoxy) is 1. The summed E-state index contributed by atoms with van der Waals surface area (Å²) in [5.41, 5.74) is 0.517. The first-order chi connectivity index (χ1) is 11.2. The van der Waals surface area contributed by atoms with Gasteiger partial charge in [-0.1, -0.05) is 48.0 Å². The van der Waals surface area contributed by atoms with Crippen LogP contribution in [0.3, 0.4) is 0 Å². The number of benzene rings is 2. The summed E-state index contributed by atoms with van der Waals surface area (Å²) >= 11 is 0. The predicted molar refractivity (Wildman–Crippen MR) is 91.5 cm³/mol. The number of aryl methyl sites for hydroxylation is 1. The Balaban J connectivity index is 2.11. The number of hydrogen-bond donors (Lipinski definition) is 0. The number of carbonyl (C=O) groups excluding carboxylic acids is 1. The molecule has 1 fully saturated rings. The van der Waals surface area contributed by atoms with Crippen LogP contribution in [0.25, 0.3) is 0 Å². The maximum atomic E-state index is 13.1. The van der Waals surface area contributed by atoms with Crippen molar-refractivity contribution in [3.05, 3.63) is 65.7 Å². The van der Waals surface area contributed by atoms with Crippen LogP contribution < -0.4 is 0 Å². The van der Waals surface area contributed by atoms with Crippen LogP contribution in [-0.4, -0.2) is 25.1 Å². The van der Waals surface area contributed by atoms with E-state index in [0.29, 0.717) is 5.56 Å². The minimum absolute atomic E-state index is 0.147. The SMILES string of the molecule is Cc1ccc(S(=O)(=O)[C@@H]2C(=O)C(C)(C)O[C@H]2c2ccccc2)cc1. The van der Waals surface area contributed by atoms with Crippen molar-refractivity contribution >= 4 is 15.6 Å². The summed E-state index contributed by atoms with van der Waals surface area (Å²) in [6, 6.07) is 15.6. The smallest absolute Gasteiger partial charge is 0.191 e. The fraction of sp³-hybridized carbons (Fsp3) is 0.316. The molecule has 0 aliphatic carbocycles. The van der Waals surface area contributed by atoms with Crippen LogP contribution in [0.2, 0.25) is 0 Å². The van der Waals surface area contributed by atoms with Crippen LogP contribution in [0, 0.1) is 6.92 Å². The summed E-state index contributed by atoms with van der Waals surface area (Å²) in [6.07, 6.45) is -0.806. The molecule has 2 atom stereocenters. The van der Waals surface area contributed by atoms with Gasteiger partial charge >= 0.3 is 0 Å². The van der Waals surface area contributed by atoms with Crippen molar-refractivity contribution in [3.8, 4) is 0 Å². The van der Waals surface area contributed by atoms with Crippen LogP contribution in [0.4, 0.5) is 0 Å². The van der Waals surface area contributed by atoms with Gasteiger partial charge in [0.05, 0.1) is 4.90 Å². The van der Waals surface area contributed by atoms with Crippen molar-refractivity contribution < 1.29 is 17.9 Å². The van der Waals surface area contributed by atoms with Gasteiger partial charge in [-0.25, -0.2) is 8.42 Å². The van der Waals surface area contributed by atoms with Gasteiger partial charge in [-0.2, -0.15) is 0 Å². The maximum Gasteiger partial charge on any atom is 0.191 e. The lowest BCUT2D eigenvalue weighted by Crippen LogP contribution is -2.37. The molecule has 1 saturated heterocycles. The van der Waals surface area contributed by atoms with Gasteiger partial charge in [-0.3, -0.25) is 4.79 Å². The standard InChI is InChI=1S/C19H20O4S/c1-13-9-11-15(12-10-13)24(21,22)17-16(14-7-5-4-6-8-14)23-19(2,3)18(17)20/h4-12,16-17H,1-3H3/t16-,17-/m0/s1. The first-order valence-electron chi connectivity index (χ1n) is 7.81. The first kappa shape index (κ1) is 16.9. The summed E-state index contributed by atoms with van der Waals surface area (Å²) in [4.78, 5) is 12.9. The Bertz CT molecular complexity index is 852. The molecular weight excluding hydrogens is 324 g/mol. The van der Waals surface area contributed by atoms with Crippen LogP contribution >= 0.6 is 0 Å². The van der Waals surface area contributed by atoms with Gasteiger partial charge in [0.25, 0.3) is 0 Å². The number of sulfone groups is 1. The lowest BCUT2D eigenvalue weighted by Gasteiger charge is -2.19. The largest absolute Gasteiger partial charge is 0.358 e. The lowest BCUT2D eigenvalue weighted by atomic mass is 10.0. The molecule has 2 aromatic carbocycles. The highest BCUT2D eigenvalue weighted by atomic mass is 32.2. The quantitative estimate of drug-likeness (QED) is 0.857. The Morgan fingerprint density at radius 3 is 2.12 bits per heavy atom. The van der Waals surface area contributed by atoms with E-state index in [-0.39, 0.29) is 4.90 Å². The highest BCUT2D eigenvalue weighted by Crippen LogP contribution is 2.42. The van der Waals surface area contributed by atoms with E-state index in [1.165, 1.54) is 0 Å². The van der Waals surface area contributed by atoms with Crippen molar-refractivity contribution in [2.75, 3.05) is 0 Å². The van der Waals surface area contributed by atoms with E-state index in [9.17, 15) is 13.2 Å². The molecule has 1 aliphatic rings. The molecule has 0 radical (unpaired) electrons. The molecule has 0 amide bonds. The van der Waals surface area contributed by atoms with Crippen molar-refractivity contribution in [1.29, 1.82) is 0 Å². The molecule has 1 aliphatic heterocycles. The molecule has 1 heterocycles. The van der Waals surface area contributed by atoms with Gasteiger partial charge in [0, 0.05) is 0 Å². The van der Waals surface area contributed by atoms with E-state index in [1.54, 1.807) is 50.2 Å². The zero-order valence-corrected chi connectivity index (χ0v) is 14.7. The second-order valence-electron chi connectivity index (χ2n) is 6.60. The molecule has 0 aromatic heterocycles. The summed E-state index contributed by atoms with van der Waals surface area (Å²) in [5.74, 6) is -0.406. The number of Topliss-reactive ketones (excluding diaryl/α,β-unsaturated/α-hetero) is 1. The van der Waals surface area contributed by atoms with Gasteiger partial charge < -0.3 is 4.74 Å². The third kappa shape index (κ3) is 2.78. The Labute approximate surface area is 142 Å². The monoisotopic (exact) mass is 344 g/mol. The molecule has 5 heteroatoms. The predicted octanol–water partition coefficient (Wildman–Crippen LogP) is 3.26. The van der Waals surface area contributed by atoms with Crippen LogP contribution in [0.15, 0.2) is 59.5 Å². The summed E-state index contributed by atoms with van der Waals surface area (Å²) in [5, 5.41) is -1.24. The Kier molecular flexibility index (Phi) is 4.10. The number of carbonyl (C=O) groups is 1. The molecule has 0 unspecified atom stereocenters. The van der Waals surface area contributed by atoms with Crippen molar-refractivity contribution in [1.82, 2.24) is 0 Å². The van der Waals surface area contributed by atoms with E-state index in [4.69, 9.17) is 4.74 Å². The Morgan fingerprint density at radius 2 is 1.54 bits per heavy atom. The van der Waals surface area contributed by atoms with E-state index in [0.717, 1.165) is 5.56 Å². The second kappa shape index (κ2) is 5.83. The normalized spacial score (nSPS) is 23.4. The van der Waals surface area contributed by atoms with Crippen molar-refractivity contribution in [3.63, 3.8) is 0 Å². The minimum Gasteiger partial charge on any atom is -0.358 e. The molecule has 0 N–H and O–H groups in total. The van der Waals surface area contributed by atoms with Crippen LogP contribution in [0.5, 0.6) is 0 Å². The highest BCUT2D eigenvalue weighted by molar-refractivity contribution is 7.93. The molecule has 0 spiro atoms. The summed E-state index contributed by atoms with van der Waals surface area (Å²) < 4.78 is 32.1. The van der Waals surface area contributed by atoms with Gasteiger partial charge in [0.2, 0.25) is 0 Å². The third-order valence-corrected chi connectivity index (χ3v) is 6.42. The lowest BCUT2D eigenvalue weighted by molar-refractivity contribution is -0.129. The van der Waals surface area contributed by atoms with Gasteiger partial charge in [-0.05, 0) is 38.5 Å². The Hall–Kier alpha value is -1.98. The molecule has 0 saturated carbocycles. The first-order valence-corrected chi connectivity index (χ1v) is 9.36. The van der Waals surface area contributed by atoms with Crippen molar-refractivity contribution in [2.45, 2.75) is 42.6 Å². The topological polar surface area (TPSA) is 60.4 Å². The van der Waals surface area contributed by atoms with Gasteiger partial charge in [-0.15, -0.1) is 0 Å². The van der Waals surface area contributed by atoms with Crippen LogP contribution in [0.1, 0.15) is 31.1 Å². The molecule has 2 aromatic rings. The minimum atomic E-state index is -3.85. The molecular formula is C19H20O4S. The van der Waals surface area contributed by atoms with E-state index in [2.05, 4.69) is 0 Å². The van der Waals surface area contributed by atoms with E-state index >= 15 is 0 Å².